The molecule has 0 unspecified atom stereocenters. The second kappa shape index (κ2) is 6.63. The van der Waals surface area contributed by atoms with Gasteiger partial charge < -0.3 is 9.47 Å². The molecule has 2 rings (SSSR count). The number of hydrogen-bond donors (Lipinski definition) is 0. The molecule has 0 aromatic heterocycles. The summed E-state index contributed by atoms with van der Waals surface area (Å²) in [6.45, 7) is 0. The Labute approximate surface area is 111 Å². The lowest BCUT2D eigenvalue weighted by Gasteiger charge is -1.98. The molecule has 2 nitrogen and oxygen atoms in total. The van der Waals surface area contributed by atoms with Gasteiger partial charge in [-0.1, -0.05) is 18.2 Å². The molecule has 18 heavy (non-hydrogen) atoms. The Kier molecular flexibility index (Phi) is 4.57. The Morgan fingerprint density at radius 1 is 0.889 bits per heavy atom. The molecule has 0 spiro atoms. The van der Waals surface area contributed by atoms with Crippen LogP contribution in [0.15, 0.2) is 59.5 Å². The Balaban J connectivity index is 1.88. The molecule has 0 atom stereocenters. The van der Waals surface area contributed by atoms with Gasteiger partial charge in [-0.15, -0.1) is 0 Å². The first-order chi connectivity index (χ1) is 8.88. The van der Waals surface area contributed by atoms with Crippen LogP contribution in [-0.2, 0) is 0 Å². The summed E-state index contributed by atoms with van der Waals surface area (Å²) in [6, 6.07) is 17.2. The van der Waals surface area contributed by atoms with Crippen LogP contribution in [0.4, 0.5) is 0 Å². The first kappa shape index (κ1) is 12.4. The average Bonchev–Trinajstić information content (AvgIpc) is 2.45. The van der Waals surface area contributed by atoms with Crippen LogP contribution in [-0.4, -0.2) is 7.11 Å². The molecule has 90 valence electrons. The highest BCUT2D eigenvalue weighted by atomic mass is 32.2. The van der Waals surface area contributed by atoms with Crippen LogP contribution in [0.1, 0.15) is 0 Å². The quantitative estimate of drug-likeness (QED) is 0.615. The van der Waals surface area contributed by atoms with Gasteiger partial charge in [0.2, 0.25) is 0 Å². The predicted molar refractivity (Wildman–Crippen MR) is 73.7 cm³/mol. The van der Waals surface area contributed by atoms with Gasteiger partial charge >= 0.3 is 0 Å². The van der Waals surface area contributed by atoms with Gasteiger partial charge in [-0.25, -0.2) is 0 Å². The first-order valence-electron chi connectivity index (χ1n) is 5.41. The van der Waals surface area contributed by atoms with E-state index in [-0.39, 0.29) is 0 Å². The monoisotopic (exact) mass is 256 g/mol. The van der Waals surface area contributed by atoms with Crippen molar-refractivity contribution in [2.45, 2.75) is 4.90 Å². The predicted octanol–water partition coefficient (Wildman–Crippen LogP) is 3.78. The summed E-state index contributed by atoms with van der Waals surface area (Å²) in [5.41, 5.74) is 0. The van der Waals surface area contributed by atoms with Crippen LogP contribution < -0.4 is 9.47 Å². The zero-order valence-electron chi connectivity index (χ0n) is 9.92. The smallest absolute Gasteiger partial charge is 0.140 e. The minimum Gasteiger partial charge on any atom is -0.497 e. The van der Waals surface area contributed by atoms with Gasteiger partial charge in [0.05, 0.1) is 7.11 Å². The molecule has 0 N–H and O–H groups in total. The minimum atomic E-state index is 0.750. The summed E-state index contributed by atoms with van der Waals surface area (Å²) in [4.78, 5) is 1.06. The molecule has 0 saturated carbocycles. The summed E-state index contributed by atoms with van der Waals surface area (Å²) >= 11 is 1.42. The molecule has 0 aliphatic heterocycles. The van der Waals surface area contributed by atoms with Gasteiger partial charge in [-0.05, 0) is 48.2 Å². The molecule has 0 aliphatic carbocycles. The van der Waals surface area contributed by atoms with Crippen LogP contribution in [0.25, 0.3) is 0 Å². The zero-order chi connectivity index (χ0) is 12.6. The fourth-order valence-corrected chi connectivity index (χ4v) is 1.77. The van der Waals surface area contributed by atoms with Crippen molar-refractivity contribution < 1.29 is 9.47 Å². The summed E-state index contributed by atoms with van der Waals surface area (Å²) in [7, 11) is 1.65. The summed E-state index contributed by atoms with van der Waals surface area (Å²) in [5, 5.41) is 2.89. The van der Waals surface area contributed by atoms with Gasteiger partial charge in [0.1, 0.15) is 17.6 Å². The third kappa shape index (κ3) is 3.76. The lowest BCUT2D eigenvalue weighted by atomic mass is 10.3. The normalized spacial score (nSPS) is 9.17. The molecular formula is C15H12O2S. The average molecular weight is 256 g/mol. The van der Waals surface area contributed by atoms with Gasteiger partial charge in [0.25, 0.3) is 0 Å². The summed E-state index contributed by atoms with van der Waals surface area (Å²) < 4.78 is 10.3. The Morgan fingerprint density at radius 3 is 2.28 bits per heavy atom. The summed E-state index contributed by atoms with van der Waals surface area (Å²) in [5.74, 6) is 1.59. The molecule has 0 aliphatic rings. The molecular weight excluding hydrogens is 244 g/mol. The maximum Gasteiger partial charge on any atom is 0.140 e. The van der Waals surface area contributed by atoms with Crippen molar-refractivity contribution >= 4 is 11.8 Å². The first-order valence-corrected chi connectivity index (χ1v) is 6.23. The zero-order valence-corrected chi connectivity index (χ0v) is 10.7. The van der Waals surface area contributed by atoms with E-state index in [1.165, 1.54) is 11.8 Å². The lowest BCUT2D eigenvalue weighted by Crippen LogP contribution is -1.81. The van der Waals surface area contributed by atoms with E-state index in [4.69, 9.17) is 9.47 Å². The molecule has 0 fully saturated rings. The highest BCUT2D eigenvalue weighted by Crippen LogP contribution is 2.20. The summed E-state index contributed by atoms with van der Waals surface area (Å²) in [6.07, 6.45) is 2.66. The fraction of sp³-hybridized carbons (Fsp3) is 0.0667. The van der Waals surface area contributed by atoms with Gasteiger partial charge in [-0.2, -0.15) is 0 Å². The van der Waals surface area contributed by atoms with Crippen LogP contribution in [0.3, 0.4) is 0 Å². The fourth-order valence-electron chi connectivity index (χ4n) is 1.29. The van der Waals surface area contributed by atoms with E-state index in [0.717, 1.165) is 16.4 Å². The largest absolute Gasteiger partial charge is 0.497 e. The Bertz CT molecular complexity index is 538. The van der Waals surface area contributed by atoms with E-state index in [1.54, 1.807) is 7.11 Å². The third-order valence-corrected chi connectivity index (χ3v) is 2.88. The molecule has 0 radical (unpaired) electrons. The van der Waals surface area contributed by atoms with E-state index in [2.05, 4.69) is 11.4 Å². The molecule has 0 bridgehead atoms. The van der Waals surface area contributed by atoms with E-state index >= 15 is 0 Å². The van der Waals surface area contributed by atoms with E-state index < -0.39 is 0 Å². The van der Waals surface area contributed by atoms with E-state index in [9.17, 15) is 0 Å². The van der Waals surface area contributed by atoms with Crippen LogP contribution in [0.5, 0.6) is 11.5 Å². The Morgan fingerprint density at radius 2 is 1.61 bits per heavy atom. The number of rotatable bonds is 3. The van der Waals surface area contributed by atoms with E-state index in [0.29, 0.717) is 0 Å². The minimum absolute atomic E-state index is 0.750. The highest BCUT2D eigenvalue weighted by molar-refractivity contribution is 8.03. The van der Waals surface area contributed by atoms with Crippen LogP contribution in [0, 0.1) is 11.4 Å². The second-order valence-corrected chi connectivity index (χ2v) is 4.28. The Hall–Kier alpha value is -2.05. The maximum absolute atomic E-state index is 5.27. The van der Waals surface area contributed by atoms with Crippen molar-refractivity contribution in [3.05, 3.63) is 54.6 Å². The molecule has 3 heteroatoms. The van der Waals surface area contributed by atoms with Crippen molar-refractivity contribution in [1.82, 2.24) is 0 Å². The van der Waals surface area contributed by atoms with Crippen LogP contribution >= 0.6 is 11.8 Å². The van der Waals surface area contributed by atoms with Crippen molar-refractivity contribution in [1.29, 1.82) is 0 Å². The van der Waals surface area contributed by atoms with Crippen molar-refractivity contribution in [2.24, 2.45) is 0 Å². The number of para-hydroxylation sites is 1. The van der Waals surface area contributed by atoms with Crippen LogP contribution in [0.2, 0.25) is 0 Å². The lowest BCUT2D eigenvalue weighted by molar-refractivity contribution is 0.414. The van der Waals surface area contributed by atoms with Gasteiger partial charge in [0.15, 0.2) is 0 Å². The number of methoxy groups -OCH3 is 1. The molecule has 2 aromatic carbocycles. The third-order valence-electron chi connectivity index (χ3n) is 2.18. The van der Waals surface area contributed by atoms with Gasteiger partial charge in [0, 0.05) is 10.1 Å². The van der Waals surface area contributed by atoms with E-state index in [1.807, 2.05) is 54.6 Å². The van der Waals surface area contributed by atoms with Crippen molar-refractivity contribution in [2.75, 3.05) is 7.11 Å². The highest BCUT2D eigenvalue weighted by Gasteiger charge is 1.92. The van der Waals surface area contributed by atoms with Gasteiger partial charge in [-0.3, -0.25) is 0 Å². The number of ether oxygens (including phenoxy) is 2. The maximum atomic E-state index is 5.27. The topological polar surface area (TPSA) is 18.5 Å². The SMILES string of the molecule is COc1ccc(SC#COc2ccccc2)cc1. The molecule has 0 saturated heterocycles. The number of benzene rings is 2. The molecule has 0 heterocycles. The molecule has 0 amide bonds. The second-order valence-electron chi connectivity index (χ2n) is 3.40. The number of hydrogen-bond acceptors (Lipinski definition) is 3. The number of thioether (sulfide) groups is 1. The van der Waals surface area contributed by atoms with Crippen molar-refractivity contribution in [3.63, 3.8) is 0 Å². The standard InChI is InChI=1S/C15H12O2S/c1-16-13-7-9-15(10-8-13)18-12-11-17-14-5-3-2-4-6-14/h2-10H,1H3. The van der Waals surface area contributed by atoms with Crippen molar-refractivity contribution in [3.8, 4) is 22.9 Å². The molecule has 2 aromatic rings.